The maximum absolute atomic E-state index is 9.10. The Morgan fingerprint density at radius 1 is 1.39 bits per heavy atom. The van der Waals surface area contributed by atoms with Gasteiger partial charge in [0.25, 0.3) is 0 Å². The minimum Gasteiger partial charge on any atom is -0.330 e. The van der Waals surface area contributed by atoms with Crippen molar-refractivity contribution in [3.63, 3.8) is 0 Å². The van der Waals surface area contributed by atoms with Crippen LogP contribution in [0, 0.1) is 11.3 Å². The number of rotatable bonds is 2. The number of anilines is 2. The number of nitriles is 1. The lowest BCUT2D eigenvalue weighted by Gasteiger charge is -2.05. The molecule has 0 aliphatic heterocycles. The Morgan fingerprint density at radius 3 is 3.06 bits per heavy atom. The van der Waals surface area contributed by atoms with Gasteiger partial charge in [0, 0.05) is 4.88 Å². The van der Waals surface area contributed by atoms with E-state index in [0.29, 0.717) is 10.6 Å². The quantitative estimate of drug-likeness (QED) is 0.904. The number of nitrogens with one attached hydrogen (secondary N) is 1. The minimum atomic E-state index is 0.464. The Labute approximate surface area is 114 Å². The fourth-order valence-corrected chi connectivity index (χ4v) is 3.38. The number of benzene rings is 1. The van der Waals surface area contributed by atoms with E-state index < -0.39 is 0 Å². The summed E-state index contributed by atoms with van der Waals surface area (Å²) >= 11 is 7.66. The van der Waals surface area contributed by atoms with Crippen LogP contribution in [-0.4, -0.2) is 4.98 Å². The van der Waals surface area contributed by atoms with E-state index in [1.807, 2.05) is 12.1 Å². The topological polar surface area (TPSA) is 48.7 Å². The number of aromatic nitrogens is 1. The highest BCUT2D eigenvalue weighted by atomic mass is 35.5. The predicted molar refractivity (Wildman–Crippen MR) is 73.6 cm³/mol. The number of nitrogens with zero attached hydrogens (tertiary/aromatic N) is 2. The Morgan fingerprint density at radius 2 is 2.28 bits per heavy atom. The molecular formula is C13H10ClN3S. The van der Waals surface area contributed by atoms with Gasteiger partial charge in [-0.2, -0.15) is 5.26 Å². The highest BCUT2D eigenvalue weighted by molar-refractivity contribution is 7.15. The number of halogens is 1. The first-order chi connectivity index (χ1) is 8.78. The number of hydrogen-bond donors (Lipinski definition) is 1. The third-order valence-electron chi connectivity index (χ3n) is 2.96. The molecule has 0 bridgehead atoms. The second kappa shape index (κ2) is 4.60. The lowest BCUT2D eigenvalue weighted by Crippen LogP contribution is -1.94. The van der Waals surface area contributed by atoms with Crippen molar-refractivity contribution in [2.24, 2.45) is 0 Å². The van der Waals surface area contributed by atoms with Crippen LogP contribution in [0.3, 0.4) is 0 Å². The number of thiazole rings is 1. The molecule has 0 fully saturated rings. The molecule has 3 nitrogen and oxygen atoms in total. The van der Waals surface area contributed by atoms with Crippen molar-refractivity contribution in [2.45, 2.75) is 19.3 Å². The van der Waals surface area contributed by atoms with Gasteiger partial charge in [-0.1, -0.05) is 17.7 Å². The maximum atomic E-state index is 9.10. The van der Waals surface area contributed by atoms with Crippen LogP contribution >= 0.6 is 22.9 Å². The van der Waals surface area contributed by atoms with Crippen molar-refractivity contribution in [3.8, 4) is 6.07 Å². The second-order valence-electron chi connectivity index (χ2n) is 4.14. The van der Waals surface area contributed by atoms with Crippen molar-refractivity contribution in [1.29, 1.82) is 5.26 Å². The molecule has 1 aliphatic rings. The third kappa shape index (κ3) is 1.96. The lowest BCUT2D eigenvalue weighted by atomic mass is 10.2. The van der Waals surface area contributed by atoms with E-state index in [1.54, 1.807) is 17.4 Å². The van der Waals surface area contributed by atoms with Crippen molar-refractivity contribution < 1.29 is 0 Å². The number of aryl methyl sites for hydroxylation is 2. The molecule has 0 atom stereocenters. The van der Waals surface area contributed by atoms with Crippen LogP contribution in [0.25, 0.3) is 0 Å². The number of fused-ring (bicyclic) bond motifs is 1. The highest BCUT2D eigenvalue weighted by Crippen LogP contribution is 2.33. The summed E-state index contributed by atoms with van der Waals surface area (Å²) in [6.07, 6.45) is 3.39. The zero-order valence-corrected chi connectivity index (χ0v) is 11.1. The standard InChI is InChI=1S/C13H10ClN3S/c14-9-3-1-4-10(8(9)7-15)16-13-17-11-5-2-6-12(11)18-13/h1,3-4H,2,5-6H2,(H,16,17). The van der Waals surface area contributed by atoms with Gasteiger partial charge in [-0.05, 0) is 31.4 Å². The summed E-state index contributed by atoms with van der Waals surface area (Å²) in [5, 5.41) is 13.6. The van der Waals surface area contributed by atoms with Gasteiger partial charge >= 0.3 is 0 Å². The van der Waals surface area contributed by atoms with Gasteiger partial charge in [0.15, 0.2) is 5.13 Å². The molecule has 0 amide bonds. The van der Waals surface area contributed by atoms with Gasteiger partial charge in [-0.3, -0.25) is 0 Å². The van der Waals surface area contributed by atoms with Crippen LogP contribution in [-0.2, 0) is 12.8 Å². The van der Waals surface area contributed by atoms with E-state index in [4.69, 9.17) is 16.9 Å². The lowest BCUT2D eigenvalue weighted by molar-refractivity contribution is 0.900. The summed E-state index contributed by atoms with van der Waals surface area (Å²) in [4.78, 5) is 5.91. The predicted octanol–water partition coefficient (Wildman–Crippen LogP) is 3.90. The van der Waals surface area contributed by atoms with Gasteiger partial charge in [0.1, 0.15) is 6.07 Å². The van der Waals surface area contributed by atoms with Crippen LogP contribution < -0.4 is 5.32 Å². The summed E-state index contributed by atoms with van der Waals surface area (Å²) in [7, 11) is 0. The number of hydrogen-bond acceptors (Lipinski definition) is 4. The largest absolute Gasteiger partial charge is 0.330 e. The molecule has 3 rings (SSSR count). The fourth-order valence-electron chi connectivity index (χ4n) is 2.10. The summed E-state index contributed by atoms with van der Waals surface area (Å²) in [6, 6.07) is 7.50. The molecule has 1 aromatic carbocycles. The molecule has 0 saturated carbocycles. The molecule has 0 unspecified atom stereocenters. The average molecular weight is 276 g/mol. The normalized spacial score (nSPS) is 13.1. The average Bonchev–Trinajstić information content (AvgIpc) is 2.90. The van der Waals surface area contributed by atoms with E-state index in [0.717, 1.165) is 23.7 Å². The zero-order valence-electron chi connectivity index (χ0n) is 9.53. The van der Waals surface area contributed by atoms with Crippen molar-refractivity contribution in [1.82, 2.24) is 4.98 Å². The molecule has 1 N–H and O–H groups in total. The van der Waals surface area contributed by atoms with Crippen LogP contribution in [0.4, 0.5) is 10.8 Å². The first-order valence-corrected chi connectivity index (χ1v) is 6.91. The molecule has 0 spiro atoms. The Kier molecular flexibility index (Phi) is 2.94. The van der Waals surface area contributed by atoms with E-state index in [2.05, 4.69) is 16.4 Å². The van der Waals surface area contributed by atoms with Gasteiger partial charge in [-0.15, -0.1) is 11.3 Å². The third-order valence-corrected chi connectivity index (χ3v) is 4.35. The fraction of sp³-hybridized carbons (Fsp3) is 0.231. The van der Waals surface area contributed by atoms with Crippen molar-refractivity contribution >= 4 is 33.8 Å². The minimum absolute atomic E-state index is 0.464. The zero-order chi connectivity index (χ0) is 12.5. The van der Waals surface area contributed by atoms with Crippen LogP contribution in [0.1, 0.15) is 22.6 Å². The van der Waals surface area contributed by atoms with E-state index in [9.17, 15) is 0 Å². The van der Waals surface area contributed by atoms with Gasteiger partial charge < -0.3 is 5.32 Å². The summed E-state index contributed by atoms with van der Waals surface area (Å²) in [5.41, 5.74) is 2.38. The SMILES string of the molecule is N#Cc1c(Cl)cccc1Nc1nc2c(s1)CCC2. The first kappa shape index (κ1) is 11.5. The summed E-state index contributed by atoms with van der Waals surface area (Å²) in [5.74, 6) is 0. The first-order valence-electron chi connectivity index (χ1n) is 5.72. The molecule has 5 heteroatoms. The molecule has 90 valence electrons. The van der Waals surface area contributed by atoms with E-state index >= 15 is 0 Å². The summed E-state index contributed by atoms with van der Waals surface area (Å²) < 4.78 is 0. The Balaban J connectivity index is 1.93. The molecular weight excluding hydrogens is 266 g/mol. The Hall–Kier alpha value is -1.57. The van der Waals surface area contributed by atoms with Gasteiger partial charge in [-0.25, -0.2) is 4.98 Å². The van der Waals surface area contributed by atoms with Gasteiger partial charge in [0.05, 0.1) is 22.0 Å². The van der Waals surface area contributed by atoms with Crippen LogP contribution in [0.15, 0.2) is 18.2 Å². The van der Waals surface area contributed by atoms with Crippen molar-refractivity contribution in [2.75, 3.05) is 5.32 Å². The molecule has 1 aromatic heterocycles. The van der Waals surface area contributed by atoms with Gasteiger partial charge in [0.2, 0.25) is 0 Å². The second-order valence-corrected chi connectivity index (χ2v) is 5.63. The molecule has 18 heavy (non-hydrogen) atoms. The molecule has 1 aliphatic carbocycles. The monoisotopic (exact) mass is 275 g/mol. The maximum Gasteiger partial charge on any atom is 0.187 e. The van der Waals surface area contributed by atoms with Crippen molar-refractivity contribution in [3.05, 3.63) is 39.4 Å². The molecule has 1 heterocycles. The smallest absolute Gasteiger partial charge is 0.187 e. The van der Waals surface area contributed by atoms with Crippen LogP contribution in [0.5, 0.6) is 0 Å². The van der Waals surface area contributed by atoms with Crippen LogP contribution in [0.2, 0.25) is 5.02 Å². The van der Waals surface area contributed by atoms with E-state index in [1.165, 1.54) is 17.0 Å². The highest BCUT2D eigenvalue weighted by Gasteiger charge is 2.17. The molecule has 2 aromatic rings. The molecule has 0 saturated heterocycles. The summed E-state index contributed by atoms with van der Waals surface area (Å²) in [6.45, 7) is 0. The van der Waals surface area contributed by atoms with E-state index in [-0.39, 0.29) is 0 Å². The Bertz CT molecular complexity index is 621. The molecule has 0 radical (unpaired) electrons.